The van der Waals surface area contributed by atoms with Gasteiger partial charge >= 0.3 is 0 Å². The molecule has 2 aromatic rings. The third kappa shape index (κ3) is 5.67. The number of rotatable bonds is 4. The lowest BCUT2D eigenvalue weighted by Gasteiger charge is -2.29. The second-order valence-corrected chi connectivity index (χ2v) is 6.70. The molecule has 7 heteroatoms. The zero-order valence-electron chi connectivity index (χ0n) is 16.2. The first-order valence-electron chi connectivity index (χ1n) is 9.11. The van der Waals surface area contributed by atoms with Crippen LogP contribution in [0.3, 0.4) is 0 Å². The summed E-state index contributed by atoms with van der Waals surface area (Å²) in [6.45, 7) is 3.81. The van der Waals surface area contributed by atoms with Crippen LogP contribution in [0.25, 0.3) is 0 Å². The summed E-state index contributed by atoms with van der Waals surface area (Å²) >= 11 is 0. The summed E-state index contributed by atoms with van der Waals surface area (Å²) in [4.78, 5) is 18.5. The lowest BCUT2D eigenvalue weighted by molar-refractivity contribution is -0.130. The highest BCUT2D eigenvalue weighted by Gasteiger charge is 2.20. The van der Waals surface area contributed by atoms with Gasteiger partial charge in [0.25, 0.3) is 0 Å². The van der Waals surface area contributed by atoms with E-state index in [0.717, 1.165) is 18.5 Å². The fourth-order valence-corrected chi connectivity index (χ4v) is 3.20. The molecule has 0 atom stereocenters. The van der Waals surface area contributed by atoms with Crippen LogP contribution in [0.4, 0.5) is 4.39 Å². The average molecular weight is 496 g/mol. The molecule has 0 spiro atoms. The standard InChI is InChI=1S/C21H25FN4O.HI/c1-15-11-16(7-8-19(15)22)12-24-21(23-2)25-13-20(27)26-10-9-17-5-3-4-6-18(17)14-26;/h3-8,11H,9-10,12-14H2,1-2H3,(H2,23,24,25);1H. The van der Waals surface area contributed by atoms with E-state index >= 15 is 0 Å². The molecule has 150 valence electrons. The molecular weight excluding hydrogens is 470 g/mol. The Balaban J connectivity index is 0.00000280. The van der Waals surface area contributed by atoms with Crippen LogP contribution in [-0.4, -0.2) is 36.9 Å². The van der Waals surface area contributed by atoms with Gasteiger partial charge in [-0.3, -0.25) is 9.79 Å². The minimum absolute atomic E-state index is 0. The Morgan fingerprint density at radius 2 is 1.93 bits per heavy atom. The van der Waals surface area contributed by atoms with E-state index in [-0.39, 0.29) is 42.2 Å². The Hall–Kier alpha value is -2.16. The first-order chi connectivity index (χ1) is 13.1. The van der Waals surface area contributed by atoms with Crippen molar-refractivity contribution in [1.82, 2.24) is 15.5 Å². The summed E-state index contributed by atoms with van der Waals surface area (Å²) < 4.78 is 13.3. The second-order valence-electron chi connectivity index (χ2n) is 6.70. The molecule has 5 nitrogen and oxygen atoms in total. The summed E-state index contributed by atoms with van der Waals surface area (Å²) in [5.74, 6) is 0.378. The van der Waals surface area contributed by atoms with Crippen LogP contribution in [0.1, 0.15) is 22.3 Å². The molecule has 3 rings (SSSR count). The van der Waals surface area contributed by atoms with Crippen LogP contribution in [0.2, 0.25) is 0 Å². The van der Waals surface area contributed by atoms with E-state index < -0.39 is 0 Å². The van der Waals surface area contributed by atoms with Gasteiger partial charge in [-0.05, 0) is 41.7 Å². The van der Waals surface area contributed by atoms with Crippen LogP contribution in [0.5, 0.6) is 0 Å². The van der Waals surface area contributed by atoms with E-state index in [4.69, 9.17) is 0 Å². The Morgan fingerprint density at radius 3 is 2.64 bits per heavy atom. The highest BCUT2D eigenvalue weighted by Crippen LogP contribution is 2.18. The molecule has 0 fully saturated rings. The van der Waals surface area contributed by atoms with E-state index in [0.29, 0.717) is 24.6 Å². The Morgan fingerprint density at radius 1 is 1.18 bits per heavy atom. The number of amides is 1. The Kier molecular flexibility index (Phi) is 8.22. The lowest BCUT2D eigenvalue weighted by atomic mass is 10.00. The molecule has 1 aliphatic heterocycles. The fraction of sp³-hybridized carbons (Fsp3) is 0.333. The molecule has 28 heavy (non-hydrogen) atoms. The van der Waals surface area contributed by atoms with Gasteiger partial charge in [0.1, 0.15) is 5.82 Å². The number of carbonyl (C=O) groups excluding carboxylic acids is 1. The first-order valence-corrected chi connectivity index (χ1v) is 9.11. The molecule has 0 saturated heterocycles. The van der Waals surface area contributed by atoms with Crippen LogP contribution < -0.4 is 10.6 Å². The maximum absolute atomic E-state index is 13.3. The zero-order valence-corrected chi connectivity index (χ0v) is 18.5. The number of nitrogens with one attached hydrogen (secondary N) is 2. The predicted molar refractivity (Wildman–Crippen MR) is 120 cm³/mol. The maximum atomic E-state index is 13.3. The highest BCUT2D eigenvalue weighted by molar-refractivity contribution is 14.0. The van der Waals surface area contributed by atoms with Crippen molar-refractivity contribution < 1.29 is 9.18 Å². The molecule has 0 unspecified atom stereocenters. The summed E-state index contributed by atoms with van der Waals surface area (Å²) in [6, 6.07) is 13.2. The minimum Gasteiger partial charge on any atom is -0.352 e. The van der Waals surface area contributed by atoms with Crippen LogP contribution >= 0.6 is 24.0 Å². The molecule has 0 aliphatic carbocycles. The molecular formula is C21H26FIN4O. The summed E-state index contributed by atoms with van der Waals surface area (Å²) in [6.07, 6.45) is 0.888. The van der Waals surface area contributed by atoms with Crippen LogP contribution in [0.15, 0.2) is 47.5 Å². The molecule has 2 N–H and O–H groups in total. The quantitative estimate of drug-likeness (QED) is 0.389. The number of aliphatic imine (C=N–C) groups is 1. The highest BCUT2D eigenvalue weighted by atomic mass is 127. The zero-order chi connectivity index (χ0) is 19.2. The number of guanidine groups is 1. The van der Waals surface area contributed by atoms with Gasteiger partial charge in [0, 0.05) is 26.7 Å². The van der Waals surface area contributed by atoms with Gasteiger partial charge in [0.05, 0.1) is 6.54 Å². The molecule has 0 radical (unpaired) electrons. The second kappa shape index (κ2) is 10.4. The van der Waals surface area contributed by atoms with Gasteiger partial charge in [-0.15, -0.1) is 24.0 Å². The smallest absolute Gasteiger partial charge is 0.242 e. The van der Waals surface area contributed by atoms with Crippen LogP contribution in [0, 0.1) is 12.7 Å². The molecule has 1 aliphatic rings. The van der Waals surface area contributed by atoms with E-state index in [1.165, 1.54) is 17.2 Å². The number of aryl methyl sites for hydroxylation is 1. The average Bonchev–Trinajstić information content (AvgIpc) is 2.70. The predicted octanol–water partition coefficient (Wildman–Crippen LogP) is 3.00. The Labute approximate surface area is 182 Å². The summed E-state index contributed by atoms with van der Waals surface area (Å²) in [7, 11) is 1.66. The number of carbonyl (C=O) groups is 1. The third-order valence-corrected chi connectivity index (χ3v) is 4.80. The number of hydrogen-bond acceptors (Lipinski definition) is 2. The van der Waals surface area contributed by atoms with Crippen molar-refractivity contribution in [1.29, 1.82) is 0 Å². The van der Waals surface area contributed by atoms with E-state index in [1.807, 2.05) is 17.0 Å². The lowest BCUT2D eigenvalue weighted by Crippen LogP contribution is -2.45. The third-order valence-electron chi connectivity index (χ3n) is 4.80. The molecule has 0 aromatic heterocycles. The molecule has 2 aromatic carbocycles. The molecule has 1 heterocycles. The van der Waals surface area contributed by atoms with Crippen molar-refractivity contribution >= 4 is 35.8 Å². The van der Waals surface area contributed by atoms with Crippen molar-refractivity contribution in [2.45, 2.75) is 26.4 Å². The topological polar surface area (TPSA) is 56.7 Å². The number of halogens is 2. The van der Waals surface area contributed by atoms with E-state index in [9.17, 15) is 9.18 Å². The van der Waals surface area contributed by atoms with Crippen molar-refractivity contribution in [2.75, 3.05) is 20.1 Å². The minimum atomic E-state index is -0.213. The number of fused-ring (bicyclic) bond motifs is 1. The van der Waals surface area contributed by atoms with Gasteiger partial charge in [-0.1, -0.05) is 36.4 Å². The first kappa shape index (κ1) is 22.1. The van der Waals surface area contributed by atoms with Crippen molar-refractivity contribution in [3.05, 3.63) is 70.5 Å². The van der Waals surface area contributed by atoms with Gasteiger partial charge in [-0.25, -0.2) is 4.39 Å². The van der Waals surface area contributed by atoms with Crippen molar-refractivity contribution in [2.24, 2.45) is 4.99 Å². The van der Waals surface area contributed by atoms with Crippen LogP contribution in [-0.2, 0) is 24.3 Å². The van der Waals surface area contributed by atoms with E-state index in [2.05, 4.69) is 27.8 Å². The van der Waals surface area contributed by atoms with Gasteiger partial charge in [-0.2, -0.15) is 0 Å². The van der Waals surface area contributed by atoms with Gasteiger partial charge in [0.2, 0.25) is 5.91 Å². The summed E-state index contributed by atoms with van der Waals surface area (Å²) in [5.41, 5.74) is 4.10. The largest absolute Gasteiger partial charge is 0.352 e. The maximum Gasteiger partial charge on any atom is 0.242 e. The Bertz CT molecular complexity index is 856. The van der Waals surface area contributed by atoms with Gasteiger partial charge in [0.15, 0.2) is 5.96 Å². The van der Waals surface area contributed by atoms with Crippen molar-refractivity contribution in [3.63, 3.8) is 0 Å². The van der Waals surface area contributed by atoms with Crippen molar-refractivity contribution in [3.8, 4) is 0 Å². The monoisotopic (exact) mass is 496 g/mol. The number of nitrogens with zero attached hydrogens (tertiary/aromatic N) is 2. The number of benzene rings is 2. The normalized spacial score (nSPS) is 13.4. The molecule has 0 bridgehead atoms. The fourth-order valence-electron chi connectivity index (χ4n) is 3.20. The number of hydrogen-bond donors (Lipinski definition) is 2. The van der Waals surface area contributed by atoms with Gasteiger partial charge < -0.3 is 15.5 Å². The van der Waals surface area contributed by atoms with E-state index in [1.54, 1.807) is 26.1 Å². The molecule has 1 amide bonds. The summed E-state index contributed by atoms with van der Waals surface area (Å²) in [5, 5.41) is 6.21. The molecule has 0 saturated carbocycles. The SMILES string of the molecule is CN=C(NCC(=O)N1CCc2ccccc2C1)NCc1ccc(F)c(C)c1.I.